The van der Waals surface area contributed by atoms with Crippen molar-refractivity contribution in [3.63, 3.8) is 0 Å². The van der Waals surface area contributed by atoms with Gasteiger partial charge in [0.2, 0.25) is 0 Å². The molecule has 0 aromatic carbocycles. The largest absolute Gasteiger partial charge is 0.389 e. The molecule has 17 heavy (non-hydrogen) atoms. The highest BCUT2D eigenvalue weighted by atomic mass is 16.3. The van der Waals surface area contributed by atoms with Crippen LogP contribution in [0.2, 0.25) is 0 Å². The van der Waals surface area contributed by atoms with Crippen LogP contribution in [0.1, 0.15) is 71.1 Å². The first-order valence-corrected chi connectivity index (χ1v) is 7.70. The van der Waals surface area contributed by atoms with Crippen molar-refractivity contribution in [1.29, 1.82) is 0 Å². The van der Waals surface area contributed by atoms with E-state index in [9.17, 15) is 5.11 Å². The zero-order chi connectivity index (χ0) is 12.1. The summed E-state index contributed by atoms with van der Waals surface area (Å²) in [6.45, 7) is 4.34. The van der Waals surface area contributed by atoms with Gasteiger partial charge in [0.05, 0.1) is 5.60 Å². The molecule has 1 aliphatic heterocycles. The van der Waals surface area contributed by atoms with Crippen LogP contribution in [0.5, 0.6) is 0 Å². The summed E-state index contributed by atoms with van der Waals surface area (Å²) in [5, 5.41) is 10.5. The number of rotatable bonds is 8. The summed E-state index contributed by atoms with van der Waals surface area (Å²) in [4.78, 5) is 2.51. The highest BCUT2D eigenvalue weighted by Gasteiger charge is 2.41. The molecule has 2 aliphatic rings. The van der Waals surface area contributed by atoms with E-state index in [1.165, 1.54) is 51.4 Å². The molecule has 1 saturated carbocycles. The molecule has 0 spiro atoms. The fourth-order valence-electron chi connectivity index (χ4n) is 3.08. The monoisotopic (exact) mass is 239 g/mol. The van der Waals surface area contributed by atoms with Gasteiger partial charge in [0.1, 0.15) is 0 Å². The Labute approximate surface area is 106 Å². The second-order valence-corrected chi connectivity index (χ2v) is 6.19. The molecule has 1 atom stereocenters. The summed E-state index contributed by atoms with van der Waals surface area (Å²) >= 11 is 0. The van der Waals surface area contributed by atoms with E-state index in [4.69, 9.17) is 0 Å². The standard InChI is InChI=1S/C15H29NO/c1-2-3-4-5-6-7-10-15(17)11-12-16(13-15)14-8-9-14/h14,17H,2-13H2,1H3. The summed E-state index contributed by atoms with van der Waals surface area (Å²) in [6.07, 6.45) is 12.7. The van der Waals surface area contributed by atoms with E-state index in [1.807, 2.05) is 0 Å². The van der Waals surface area contributed by atoms with Crippen LogP contribution in [0.4, 0.5) is 0 Å². The molecule has 0 aromatic heterocycles. The minimum Gasteiger partial charge on any atom is -0.389 e. The molecule has 2 fully saturated rings. The Morgan fingerprint density at radius 3 is 2.53 bits per heavy atom. The van der Waals surface area contributed by atoms with E-state index in [0.29, 0.717) is 0 Å². The van der Waals surface area contributed by atoms with E-state index >= 15 is 0 Å². The zero-order valence-electron chi connectivity index (χ0n) is 11.5. The van der Waals surface area contributed by atoms with Gasteiger partial charge in [-0.25, -0.2) is 0 Å². The molecule has 1 unspecified atom stereocenters. The summed E-state index contributed by atoms with van der Waals surface area (Å²) in [5.74, 6) is 0. The average Bonchev–Trinajstić information content (AvgIpc) is 3.09. The van der Waals surface area contributed by atoms with Crippen LogP contribution in [-0.2, 0) is 0 Å². The van der Waals surface area contributed by atoms with Crippen molar-refractivity contribution in [3.05, 3.63) is 0 Å². The van der Waals surface area contributed by atoms with Crippen molar-refractivity contribution in [3.8, 4) is 0 Å². The van der Waals surface area contributed by atoms with Gasteiger partial charge in [0, 0.05) is 19.1 Å². The normalized spacial score (nSPS) is 30.0. The third-order valence-corrected chi connectivity index (χ3v) is 4.42. The van der Waals surface area contributed by atoms with Crippen LogP contribution in [-0.4, -0.2) is 34.7 Å². The fourth-order valence-corrected chi connectivity index (χ4v) is 3.08. The van der Waals surface area contributed by atoms with Crippen LogP contribution in [0.15, 0.2) is 0 Å². The third kappa shape index (κ3) is 4.26. The molecule has 1 heterocycles. The van der Waals surface area contributed by atoms with E-state index in [0.717, 1.165) is 32.0 Å². The zero-order valence-corrected chi connectivity index (χ0v) is 11.5. The van der Waals surface area contributed by atoms with Gasteiger partial charge in [-0.2, -0.15) is 0 Å². The van der Waals surface area contributed by atoms with Gasteiger partial charge in [0.25, 0.3) is 0 Å². The van der Waals surface area contributed by atoms with E-state index in [-0.39, 0.29) is 5.60 Å². The lowest BCUT2D eigenvalue weighted by atomic mass is 9.95. The van der Waals surface area contributed by atoms with Crippen molar-refractivity contribution in [2.45, 2.75) is 82.8 Å². The smallest absolute Gasteiger partial charge is 0.0786 e. The second kappa shape index (κ2) is 6.19. The van der Waals surface area contributed by atoms with Crippen molar-refractivity contribution in [2.24, 2.45) is 0 Å². The van der Waals surface area contributed by atoms with Gasteiger partial charge in [0.15, 0.2) is 0 Å². The Morgan fingerprint density at radius 1 is 1.12 bits per heavy atom. The number of hydrogen-bond acceptors (Lipinski definition) is 2. The van der Waals surface area contributed by atoms with Crippen molar-refractivity contribution in [2.75, 3.05) is 13.1 Å². The number of unbranched alkanes of at least 4 members (excludes halogenated alkanes) is 5. The van der Waals surface area contributed by atoms with Gasteiger partial charge in [-0.15, -0.1) is 0 Å². The number of hydrogen-bond donors (Lipinski definition) is 1. The Morgan fingerprint density at radius 2 is 1.82 bits per heavy atom. The van der Waals surface area contributed by atoms with Gasteiger partial charge < -0.3 is 5.11 Å². The first kappa shape index (κ1) is 13.4. The summed E-state index contributed by atoms with van der Waals surface area (Å²) in [7, 11) is 0. The SMILES string of the molecule is CCCCCCCCC1(O)CCN(C2CC2)C1. The van der Waals surface area contributed by atoms with Gasteiger partial charge in [-0.1, -0.05) is 45.4 Å². The van der Waals surface area contributed by atoms with Crippen molar-refractivity contribution >= 4 is 0 Å². The Bertz CT molecular complexity index is 227. The maximum atomic E-state index is 10.5. The van der Waals surface area contributed by atoms with Crippen molar-refractivity contribution in [1.82, 2.24) is 4.90 Å². The van der Waals surface area contributed by atoms with E-state index in [2.05, 4.69) is 11.8 Å². The highest BCUT2D eigenvalue weighted by molar-refractivity contribution is 4.96. The molecule has 0 amide bonds. The van der Waals surface area contributed by atoms with Gasteiger partial charge in [-0.05, 0) is 25.7 Å². The van der Waals surface area contributed by atoms with Crippen LogP contribution >= 0.6 is 0 Å². The van der Waals surface area contributed by atoms with E-state index < -0.39 is 0 Å². The lowest BCUT2D eigenvalue weighted by Gasteiger charge is -2.23. The molecule has 2 rings (SSSR count). The highest BCUT2D eigenvalue weighted by Crippen LogP contribution is 2.35. The van der Waals surface area contributed by atoms with Crippen molar-refractivity contribution < 1.29 is 5.11 Å². The minimum atomic E-state index is -0.340. The first-order chi connectivity index (χ1) is 8.23. The number of β-amino-alcohol motifs (C(OH)–C–C–N with tert-alkyl or cyclic N) is 1. The molecule has 100 valence electrons. The van der Waals surface area contributed by atoms with Gasteiger partial charge in [-0.3, -0.25) is 4.90 Å². The maximum Gasteiger partial charge on any atom is 0.0786 e. The Balaban J connectivity index is 1.55. The fraction of sp³-hybridized carbons (Fsp3) is 1.00. The molecular formula is C15H29NO. The second-order valence-electron chi connectivity index (χ2n) is 6.19. The molecule has 1 aliphatic carbocycles. The molecule has 0 bridgehead atoms. The summed E-state index contributed by atoms with van der Waals surface area (Å²) in [6, 6.07) is 0.827. The molecule has 0 radical (unpaired) electrons. The predicted octanol–water partition coefficient (Wildman–Crippen LogP) is 3.34. The minimum absolute atomic E-state index is 0.340. The topological polar surface area (TPSA) is 23.5 Å². The maximum absolute atomic E-state index is 10.5. The number of nitrogens with zero attached hydrogens (tertiary/aromatic N) is 1. The Hall–Kier alpha value is -0.0800. The van der Waals surface area contributed by atoms with Crippen LogP contribution in [0, 0.1) is 0 Å². The molecule has 1 N–H and O–H groups in total. The predicted molar refractivity (Wildman–Crippen MR) is 72.2 cm³/mol. The summed E-state index contributed by atoms with van der Waals surface area (Å²) < 4.78 is 0. The first-order valence-electron chi connectivity index (χ1n) is 7.70. The average molecular weight is 239 g/mol. The van der Waals surface area contributed by atoms with Crippen LogP contribution in [0.3, 0.4) is 0 Å². The molecule has 0 aromatic rings. The molecule has 2 nitrogen and oxygen atoms in total. The lowest BCUT2D eigenvalue weighted by molar-refractivity contribution is 0.0371. The Kier molecular flexibility index (Phi) is 4.87. The number of aliphatic hydroxyl groups is 1. The third-order valence-electron chi connectivity index (χ3n) is 4.42. The van der Waals surface area contributed by atoms with Crippen LogP contribution in [0.25, 0.3) is 0 Å². The van der Waals surface area contributed by atoms with Gasteiger partial charge >= 0.3 is 0 Å². The molecule has 2 heteroatoms. The molecule has 1 saturated heterocycles. The lowest BCUT2D eigenvalue weighted by Crippen LogP contribution is -2.33. The summed E-state index contributed by atoms with van der Waals surface area (Å²) in [5.41, 5.74) is -0.340. The number of likely N-dealkylation sites (tertiary alicyclic amines) is 1. The van der Waals surface area contributed by atoms with Crippen LogP contribution < -0.4 is 0 Å². The molecular weight excluding hydrogens is 210 g/mol. The quantitative estimate of drug-likeness (QED) is 0.657. The van der Waals surface area contributed by atoms with E-state index in [1.54, 1.807) is 0 Å².